The maximum absolute atomic E-state index is 15.2. The monoisotopic (exact) mass is 686 g/mol. The number of hydrogen-bond acceptors (Lipinski definition) is 5. The van der Waals surface area contributed by atoms with Crippen molar-refractivity contribution >= 4 is 11.9 Å². The third-order valence-corrected chi connectivity index (χ3v) is 11.7. The Kier molecular flexibility index (Phi) is 10.8. The molecule has 5 atom stereocenters. The van der Waals surface area contributed by atoms with Gasteiger partial charge in [-0.05, 0) is 81.0 Å². The molecule has 2 aromatic carbocycles. The number of esters is 2. The zero-order valence-electron chi connectivity index (χ0n) is 28.8. The molecular formula is C40H50F4O5. The van der Waals surface area contributed by atoms with Gasteiger partial charge in [-0.25, -0.2) is 17.6 Å². The van der Waals surface area contributed by atoms with Gasteiger partial charge in [-0.15, -0.1) is 0 Å². The molecule has 49 heavy (non-hydrogen) atoms. The maximum atomic E-state index is 15.2. The van der Waals surface area contributed by atoms with E-state index in [4.69, 9.17) is 14.2 Å². The molecule has 4 aliphatic rings. The molecule has 0 aromatic heterocycles. The lowest BCUT2D eigenvalue weighted by Crippen LogP contribution is -2.44. The number of unbranched alkanes of at least 4 members (excludes halogenated alkanes) is 5. The molecule has 4 aliphatic carbocycles. The summed E-state index contributed by atoms with van der Waals surface area (Å²) in [5.41, 5.74) is 3.04. The van der Waals surface area contributed by atoms with Gasteiger partial charge in [0, 0.05) is 41.9 Å². The maximum Gasteiger partial charge on any atom is 0.314 e. The summed E-state index contributed by atoms with van der Waals surface area (Å²) in [7, 11) is 0. The van der Waals surface area contributed by atoms with Crippen molar-refractivity contribution in [3.8, 4) is 11.5 Å². The average molecular weight is 687 g/mol. The van der Waals surface area contributed by atoms with E-state index in [0.717, 1.165) is 54.4 Å². The van der Waals surface area contributed by atoms with Gasteiger partial charge in [-0.2, -0.15) is 0 Å². The Bertz CT molecular complexity index is 1500. The number of carbonyl (C=O) groups is 2. The molecule has 2 aromatic rings. The summed E-state index contributed by atoms with van der Waals surface area (Å²) in [5.74, 6) is -9.29. The van der Waals surface area contributed by atoms with Gasteiger partial charge >= 0.3 is 11.9 Å². The van der Waals surface area contributed by atoms with Crippen LogP contribution in [0.2, 0.25) is 0 Å². The number of alkyl halides is 4. The van der Waals surface area contributed by atoms with Gasteiger partial charge in [0.15, 0.2) is 0 Å². The minimum Gasteiger partial charge on any atom is -0.426 e. The van der Waals surface area contributed by atoms with Crippen molar-refractivity contribution in [1.29, 1.82) is 0 Å². The second kappa shape index (κ2) is 14.7. The first-order chi connectivity index (χ1) is 23.4. The van der Waals surface area contributed by atoms with Crippen LogP contribution in [0, 0.1) is 17.8 Å². The number of halogens is 4. The fourth-order valence-corrected chi connectivity index (χ4v) is 8.79. The number of hydrogen-bond donors (Lipinski definition) is 0. The van der Waals surface area contributed by atoms with E-state index in [9.17, 15) is 18.4 Å². The topological polar surface area (TPSA) is 61.8 Å². The molecule has 0 amide bonds. The van der Waals surface area contributed by atoms with E-state index in [2.05, 4.69) is 6.92 Å². The Morgan fingerprint density at radius 2 is 1.24 bits per heavy atom. The van der Waals surface area contributed by atoms with E-state index in [-0.39, 0.29) is 19.3 Å². The second-order valence-electron chi connectivity index (χ2n) is 15.0. The summed E-state index contributed by atoms with van der Waals surface area (Å²) < 4.78 is 77.2. The highest BCUT2D eigenvalue weighted by molar-refractivity contribution is 5.78. The molecule has 4 unspecified atom stereocenters. The zero-order chi connectivity index (χ0) is 34.8. The van der Waals surface area contributed by atoms with Gasteiger partial charge in [0.1, 0.15) is 17.6 Å². The summed E-state index contributed by atoms with van der Waals surface area (Å²) in [6.07, 6.45) is 7.69. The second-order valence-corrected chi connectivity index (χ2v) is 15.0. The highest BCUT2D eigenvalue weighted by atomic mass is 19.3. The summed E-state index contributed by atoms with van der Waals surface area (Å²) in [5, 5.41) is 0. The third-order valence-electron chi connectivity index (χ3n) is 11.7. The zero-order valence-corrected chi connectivity index (χ0v) is 28.8. The van der Waals surface area contributed by atoms with Gasteiger partial charge in [0.25, 0.3) is 11.8 Å². The van der Waals surface area contributed by atoms with Gasteiger partial charge in [0.05, 0.1) is 11.8 Å². The predicted molar refractivity (Wildman–Crippen MR) is 178 cm³/mol. The molecule has 1 spiro atoms. The van der Waals surface area contributed by atoms with Crippen LogP contribution >= 0.6 is 0 Å². The fourth-order valence-electron chi connectivity index (χ4n) is 8.79. The lowest BCUT2D eigenvalue weighted by atomic mass is 9.75. The molecule has 268 valence electrons. The highest BCUT2D eigenvalue weighted by Crippen LogP contribution is 2.58. The quantitative estimate of drug-likeness (QED) is 0.0963. The smallest absolute Gasteiger partial charge is 0.314 e. The summed E-state index contributed by atoms with van der Waals surface area (Å²) in [4.78, 5) is 26.8. The summed E-state index contributed by atoms with van der Waals surface area (Å²) >= 11 is 0. The van der Waals surface area contributed by atoms with Gasteiger partial charge < -0.3 is 14.2 Å². The standard InChI is InChI=1S/C40H50F4O5/c1-3-4-5-6-7-8-23-47-33-18-17-30(25-40(33,43)44)37(46)49-32-14-10-12-28-20-22-38(35(28)32)21-19-27-11-9-13-31(34(27)38)48-36(45)29-16-15-26(2)39(41,42)24-29/h9-14,26,29-30,33H,3-8,15-25H2,1-2H3/t26?,29?,30?,33?,38-/m1/s1. The number of benzene rings is 2. The Balaban J connectivity index is 1.15. The van der Waals surface area contributed by atoms with Crippen molar-refractivity contribution in [1.82, 2.24) is 0 Å². The van der Waals surface area contributed by atoms with Crippen molar-refractivity contribution in [2.45, 2.75) is 140 Å². The van der Waals surface area contributed by atoms with Crippen LogP contribution in [-0.2, 0) is 32.6 Å². The molecule has 9 heteroatoms. The molecule has 0 N–H and O–H groups in total. The van der Waals surface area contributed by atoms with E-state index in [1.54, 1.807) is 12.1 Å². The lowest BCUT2D eigenvalue weighted by molar-refractivity contribution is -0.178. The van der Waals surface area contributed by atoms with Crippen LogP contribution in [0.25, 0.3) is 0 Å². The highest BCUT2D eigenvalue weighted by Gasteiger charge is 2.51. The Morgan fingerprint density at radius 3 is 1.80 bits per heavy atom. The molecule has 0 heterocycles. The van der Waals surface area contributed by atoms with E-state index < -0.39 is 65.9 Å². The van der Waals surface area contributed by atoms with Gasteiger partial charge in [-0.1, -0.05) is 70.2 Å². The molecular weight excluding hydrogens is 636 g/mol. The van der Waals surface area contributed by atoms with E-state index >= 15 is 8.78 Å². The molecule has 0 radical (unpaired) electrons. The number of carbonyl (C=O) groups excluding carboxylic acids is 2. The third kappa shape index (κ3) is 7.43. The van der Waals surface area contributed by atoms with E-state index in [1.807, 2.05) is 24.3 Å². The van der Waals surface area contributed by atoms with Crippen LogP contribution in [0.5, 0.6) is 11.5 Å². The van der Waals surface area contributed by atoms with Crippen LogP contribution in [0.4, 0.5) is 17.6 Å². The molecule has 6 rings (SSSR count). The predicted octanol–water partition coefficient (Wildman–Crippen LogP) is 9.93. The van der Waals surface area contributed by atoms with Gasteiger partial charge in [-0.3, -0.25) is 9.59 Å². The average Bonchev–Trinajstić information content (AvgIpc) is 3.64. The molecule has 0 bridgehead atoms. The van der Waals surface area contributed by atoms with E-state index in [1.165, 1.54) is 13.3 Å². The Labute approximate surface area is 287 Å². The Hall–Kier alpha value is -2.94. The van der Waals surface area contributed by atoms with Crippen LogP contribution < -0.4 is 9.47 Å². The number of aryl methyl sites for hydroxylation is 2. The van der Waals surface area contributed by atoms with Crippen LogP contribution in [0.15, 0.2) is 36.4 Å². The van der Waals surface area contributed by atoms with E-state index in [0.29, 0.717) is 50.2 Å². The molecule has 0 aliphatic heterocycles. The Morgan fingerprint density at radius 1 is 0.714 bits per heavy atom. The minimum atomic E-state index is -3.13. The minimum absolute atomic E-state index is 0.0907. The van der Waals surface area contributed by atoms with Crippen molar-refractivity contribution in [2.24, 2.45) is 17.8 Å². The summed E-state index contributed by atoms with van der Waals surface area (Å²) in [6, 6.07) is 11.0. The molecule has 0 saturated heterocycles. The van der Waals surface area contributed by atoms with Crippen molar-refractivity contribution in [2.75, 3.05) is 6.61 Å². The molecule has 2 fully saturated rings. The largest absolute Gasteiger partial charge is 0.426 e. The lowest BCUT2D eigenvalue weighted by Gasteiger charge is -2.35. The van der Waals surface area contributed by atoms with Crippen molar-refractivity contribution < 1.29 is 41.4 Å². The first-order valence-electron chi connectivity index (χ1n) is 18.5. The van der Waals surface area contributed by atoms with Crippen LogP contribution in [-0.4, -0.2) is 36.5 Å². The summed E-state index contributed by atoms with van der Waals surface area (Å²) in [6.45, 7) is 3.96. The number of rotatable bonds is 12. The van der Waals surface area contributed by atoms with Crippen molar-refractivity contribution in [3.63, 3.8) is 0 Å². The normalized spacial score (nSPS) is 28.2. The number of ether oxygens (including phenoxy) is 3. The fraction of sp³-hybridized carbons (Fsp3) is 0.650. The van der Waals surface area contributed by atoms with Crippen LogP contribution in [0.1, 0.15) is 126 Å². The SMILES string of the molecule is CCCCCCCCOC1CCC(C(=O)Oc2cccc3c2[C@]2(CCc4cccc(OC(=O)C5CCC(C)C(F)(F)C5)c42)CC3)CC1(F)F. The number of fused-ring (bicyclic) bond motifs is 4. The molecule has 2 saturated carbocycles. The van der Waals surface area contributed by atoms with Gasteiger partial charge in [0.2, 0.25) is 0 Å². The van der Waals surface area contributed by atoms with Crippen molar-refractivity contribution in [3.05, 3.63) is 58.7 Å². The first kappa shape index (κ1) is 35.9. The first-order valence-corrected chi connectivity index (χ1v) is 18.5. The van der Waals surface area contributed by atoms with Crippen LogP contribution in [0.3, 0.4) is 0 Å². The molecule has 5 nitrogen and oxygen atoms in total.